The number of hydrogen-bond acceptors (Lipinski definition) is 5. The molecular formula is C57H106O5. The Morgan fingerprint density at radius 2 is 0.645 bits per heavy atom. The van der Waals surface area contributed by atoms with Crippen molar-refractivity contribution in [1.82, 2.24) is 0 Å². The molecule has 0 aliphatic carbocycles. The van der Waals surface area contributed by atoms with Crippen molar-refractivity contribution in [1.29, 1.82) is 0 Å². The Labute approximate surface area is 386 Å². The van der Waals surface area contributed by atoms with Gasteiger partial charge in [0, 0.05) is 12.8 Å². The third-order valence-electron chi connectivity index (χ3n) is 12.4. The lowest BCUT2D eigenvalue weighted by Gasteiger charge is -2.15. The molecule has 0 aromatic carbocycles. The normalized spacial score (nSPS) is 12.4. The Bertz CT molecular complexity index is 986. The van der Waals surface area contributed by atoms with Crippen LogP contribution in [0.2, 0.25) is 0 Å². The van der Waals surface area contributed by atoms with E-state index >= 15 is 0 Å². The molecule has 0 aliphatic heterocycles. The zero-order valence-electron chi connectivity index (χ0n) is 41.6. The van der Waals surface area contributed by atoms with E-state index in [9.17, 15) is 14.7 Å². The summed E-state index contributed by atoms with van der Waals surface area (Å²) in [5.74, 6) is -0.591. The molecule has 0 amide bonds. The van der Waals surface area contributed by atoms with Gasteiger partial charge in [0.25, 0.3) is 0 Å². The van der Waals surface area contributed by atoms with Crippen molar-refractivity contribution in [2.45, 2.75) is 302 Å². The number of hydrogen-bond donors (Lipinski definition) is 1. The lowest BCUT2D eigenvalue weighted by Crippen LogP contribution is -2.28. The second-order valence-corrected chi connectivity index (χ2v) is 18.7. The van der Waals surface area contributed by atoms with Crippen LogP contribution in [-0.2, 0) is 19.1 Å². The van der Waals surface area contributed by atoms with Crippen LogP contribution in [0.5, 0.6) is 0 Å². The van der Waals surface area contributed by atoms with Crippen LogP contribution in [0.3, 0.4) is 0 Å². The van der Waals surface area contributed by atoms with E-state index in [2.05, 4.69) is 50.3 Å². The summed E-state index contributed by atoms with van der Waals surface area (Å²) in [6, 6.07) is 0. The van der Waals surface area contributed by atoms with E-state index in [0.29, 0.717) is 12.8 Å². The number of esters is 2. The Morgan fingerprint density at radius 3 is 0.968 bits per heavy atom. The van der Waals surface area contributed by atoms with E-state index in [1.807, 2.05) is 0 Å². The summed E-state index contributed by atoms with van der Waals surface area (Å²) in [6.07, 6.45) is 68.3. The average molecular weight is 871 g/mol. The van der Waals surface area contributed by atoms with Crippen LogP contribution in [-0.4, -0.2) is 36.4 Å². The Hall–Kier alpha value is -1.88. The molecule has 5 heteroatoms. The van der Waals surface area contributed by atoms with E-state index in [4.69, 9.17) is 9.47 Å². The summed E-state index contributed by atoms with van der Waals surface area (Å²) in [6.45, 7) is 4.16. The summed E-state index contributed by atoms with van der Waals surface area (Å²) < 4.78 is 10.7. The summed E-state index contributed by atoms with van der Waals surface area (Å²) in [4.78, 5) is 24.5. The van der Waals surface area contributed by atoms with Crippen molar-refractivity contribution in [3.05, 3.63) is 36.5 Å². The van der Waals surface area contributed by atoms with Gasteiger partial charge in [-0.3, -0.25) is 9.59 Å². The molecule has 1 atom stereocenters. The first kappa shape index (κ1) is 60.1. The maximum Gasteiger partial charge on any atom is 0.306 e. The minimum atomic E-state index is -0.777. The maximum absolute atomic E-state index is 12.3. The summed E-state index contributed by atoms with van der Waals surface area (Å²) in [5, 5.41) is 9.64. The van der Waals surface area contributed by atoms with Crippen molar-refractivity contribution < 1.29 is 24.2 Å². The fourth-order valence-corrected chi connectivity index (χ4v) is 8.27. The molecular weight excluding hydrogens is 765 g/mol. The van der Waals surface area contributed by atoms with Gasteiger partial charge in [-0.2, -0.15) is 0 Å². The third-order valence-corrected chi connectivity index (χ3v) is 12.4. The Kier molecular flexibility index (Phi) is 51.8. The average Bonchev–Trinajstić information content (AvgIpc) is 3.28. The topological polar surface area (TPSA) is 72.8 Å². The molecule has 0 bridgehead atoms. The largest absolute Gasteiger partial charge is 0.462 e. The van der Waals surface area contributed by atoms with E-state index in [-0.39, 0.29) is 25.2 Å². The number of carbonyl (C=O) groups excluding carboxylic acids is 2. The van der Waals surface area contributed by atoms with Gasteiger partial charge >= 0.3 is 11.9 Å². The van der Waals surface area contributed by atoms with Gasteiger partial charge in [-0.25, -0.2) is 0 Å². The lowest BCUT2D eigenvalue weighted by atomic mass is 10.0. The summed E-state index contributed by atoms with van der Waals surface area (Å²) >= 11 is 0. The molecule has 62 heavy (non-hydrogen) atoms. The zero-order chi connectivity index (χ0) is 44.9. The second-order valence-electron chi connectivity index (χ2n) is 18.7. The monoisotopic (exact) mass is 871 g/mol. The molecule has 0 aromatic rings. The zero-order valence-corrected chi connectivity index (χ0v) is 41.6. The lowest BCUT2D eigenvalue weighted by molar-refractivity contribution is -0.161. The van der Waals surface area contributed by atoms with Crippen molar-refractivity contribution in [3.8, 4) is 0 Å². The maximum atomic E-state index is 12.3. The first-order valence-corrected chi connectivity index (χ1v) is 27.5. The van der Waals surface area contributed by atoms with E-state index in [0.717, 1.165) is 57.8 Å². The van der Waals surface area contributed by atoms with Crippen molar-refractivity contribution in [2.75, 3.05) is 13.2 Å². The van der Waals surface area contributed by atoms with Crippen molar-refractivity contribution >= 4 is 11.9 Å². The molecule has 1 unspecified atom stereocenters. The van der Waals surface area contributed by atoms with E-state index < -0.39 is 6.10 Å². The van der Waals surface area contributed by atoms with Gasteiger partial charge in [-0.15, -0.1) is 0 Å². The van der Waals surface area contributed by atoms with Gasteiger partial charge in [0.15, 0.2) is 6.10 Å². The first-order chi connectivity index (χ1) is 30.6. The van der Waals surface area contributed by atoms with Gasteiger partial charge in [0.05, 0.1) is 6.61 Å². The molecule has 0 rings (SSSR count). The van der Waals surface area contributed by atoms with Crippen LogP contribution in [0.1, 0.15) is 296 Å². The molecule has 1 N–H and O–H groups in total. The highest BCUT2D eigenvalue weighted by atomic mass is 16.6. The van der Waals surface area contributed by atoms with Crippen LogP contribution in [0, 0.1) is 0 Å². The highest BCUT2D eigenvalue weighted by Crippen LogP contribution is 2.17. The minimum Gasteiger partial charge on any atom is -0.462 e. The van der Waals surface area contributed by atoms with Gasteiger partial charge in [0.2, 0.25) is 0 Å². The van der Waals surface area contributed by atoms with Crippen molar-refractivity contribution in [2.24, 2.45) is 0 Å². The van der Waals surface area contributed by atoms with Crippen LogP contribution >= 0.6 is 0 Å². The summed E-state index contributed by atoms with van der Waals surface area (Å²) in [7, 11) is 0. The van der Waals surface area contributed by atoms with Crippen LogP contribution in [0.25, 0.3) is 0 Å². The molecule has 0 saturated heterocycles. The number of ether oxygens (including phenoxy) is 2. The number of carbonyl (C=O) groups is 2. The first-order valence-electron chi connectivity index (χ1n) is 27.5. The third kappa shape index (κ3) is 50.8. The molecule has 0 fully saturated rings. The fraction of sp³-hybridized carbons (Fsp3) is 0.860. The van der Waals surface area contributed by atoms with Gasteiger partial charge in [-0.1, -0.05) is 269 Å². The number of allylic oxidation sites excluding steroid dienone is 6. The number of aliphatic hydroxyl groups excluding tert-OH is 1. The molecule has 0 saturated carbocycles. The molecule has 0 radical (unpaired) electrons. The van der Waals surface area contributed by atoms with Gasteiger partial charge in [0.1, 0.15) is 6.61 Å². The Balaban J connectivity index is 3.46. The quantitative estimate of drug-likeness (QED) is 0.0374. The highest BCUT2D eigenvalue weighted by Gasteiger charge is 2.16. The standard InChI is InChI=1S/C57H106O5/c1-3-5-7-9-11-13-15-17-19-21-23-25-26-27-28-29-30-32-33-35-37-39-41-43-45-47-49-51-56(59)61-54-55(53-58)62-57(60)52-50-48-46-44-42-40-38-36-34-31-24-22-20-18-16-14-12-10-8-6-4-2/h16,18,22,24,34,36,55,58H,3-15,17,19-21,23,25-33,35,37-54H2,1-2H3/b18-16-,24-22-,36-34-. The Morgan fingerprint density at radius 1 is 0.371 bits per heavy atom. The summed E-state index contributed by atoms with van der Waals surface area (Å²) in [5.41, 5.74) is 0. The molecule has 364 valence electrons. The molecule has 0 aliphatic rings. The van der Waals surface area contributed by atoms with Crippen LogP contribution in [0.4, 0.5) is 0 Å². The van der Waals surface area contributed by atoms with Crippen LogP contribution < -0.4 is 0 Å². The second kappa shape index (κ2) is 53.5. The van der Waals surface area contributed by atoms with Crippen LogP contribution in [0.15, 0.2) is 36.5 Å². The number of rotatable bonds is 51. The molecule has 5 nitrogen and oxygen atoms in total. The molecule has 0 aromatic heterocycles. The number of aliphatic hydroxyl groups is 1. The van der Waals surface area contributed by atoms with Crippen molar-refractivity contribution in [3.63, 3.8) is 0 Å². The van der Waals surface area contributed by atoms with Gasteiger partial charge in [-0.05, 0) is 51.4 Å². The van der Waals surface area contributed by atoms with Gasteiger partial charge < -0.3 is 14.6 Å². The fourth-order valence-electron chi connectivity index (χ4n) is 8.27. The smallest absolute Gasteiger partial charge is 0.306 e. The minimum absolute atomic E-state index is 0.0675. The van der Waals surface area contributed by atoms with E-state index in [1.54, 1.807) is 0 Å². The predicted octanol–water partition coefficient (Wildman–Crippen LogP) is 18.3. The number of unbranched alkanes of at least 4 members (excludes halogenated alkanes) is 37. The SMILES string of the molecule is CCCCCCC/C=C\C/C=C\C/C=C\CCCCCCCCC(=O)OC(CO)COC(=O)CCCCCCCCCCCCCCCCCCCCCCCCCCCCC. The van der Waals surface area contributed by atoms with E-state index in [1.165, 1.54) is 212 Å². The highest BCUT2D eigenvalue weighted by molar-refractivity contribution is 5.70. The molecule has 0 heterocycles. The molecule has 0 spiro atoms. The predicted molar refractivity (Wildman–Crippen MR) is 270 cm³/mol.